The van der Waals surface area contributed by atoms with Gasteiger partial charge in [0, 0.05) is 66.0 Å². The van der Waals surface area contributed by atoms with E-state index in [1.165, 1.54) is 5.56 Å². The fourth-order valence-corrected chi connectivity index (χ4v) is 5.03. The third-order valence-electron chi connectivity index (χ3n) is 6.98. The van der Waals surface area contributed by atoms with Gasteiger partial charge in [-0.05, 0) is 58.7 Å². The number of rotatable bonds is 7. The van der Waals surface area contributed by atoms with Crippen LogP contribution in [0.15, 0.2) is 110 Å². The normalized spacial score (nSPS) is 11.4. The summed E-state index contributed by atoms with van der Waals surface area (Å²) < 4.78 is 0. The van der Waals surface area contributed by atoms with Crippen molar-refractivity contribution in [2.45, 2.75) is 13.1 Å². The fraction of sp³-hybridized carbons (Fsp3) is 0.0625. The maximum atomic E-state index is 4.67. The van der Waals surface area contributed by atoms with E-state index in [2.05, 4.69) is 90.0 Å². The number of hydrogen-bond donors (Lipinski definition) is 3. The highest BCUT2D eigenvalue weighted by atomic mass is 15.1. The summed E-state index contributed by atoms with van der Waals surface area (Å²) in [6.45, 7) is 1.57. The van der Waals surface area contributed by atoms with Crippen molar-refractivity contribution < 1.29 is 0 Å². The first-order chi connectivity index (χ1) is 19.3. The van der Waals surface area contributed by atoms with Crippen LogP contribution >= 0.6 is 0 Å². The second-order valence-corrected chi connectivity index (χ2v) is 9.57. The minimum Gasteiger partial charge on any atom is -0.352 e. The van der Waals surface area contributed by atoms with Crippen LogP contribution in [0.25, 0.3) is 55.4 Å². The van der Waals surface area contributed by atoms with E-state index in [0.29, 0.717) is 0 Å². The van der Waals surface area contributed by atoms with Gasteiger partial charge >= 0.3 is 0 Å². The van der Waals surface area contributed by atoms with E-state index in [1.807, 2.05) is 43.0 Å². The first-order valence-electron chi connectivity index (χ1n) is 12.9. The van der Waals surface area contributed by atoms with Gasteiger partial charge in [0.2, 0.25) is 0 Å². The summed E-state index contributed by atoms with van der Waals surface area (Å²) in [6, 6.07) is 25.1. The Morgan fingerprint density at radius 1 is 0.615 bits per heavy atom. The summed E-state index contributed by atoms with van der Waals surface area (Å²) in [5.74, 6) is 0. The van der Waals surface area contributed by atoms with E-state index in [0.717, 1.165) is 74.1 Å². The lowest BCUT2D eigenvalue weighted by molar-refractivity contribution is 0.691. The van der Waals surface area contributed by atoms with Crippen LogP contribution in [0.2, 0.25) is 0 Å². The molecule has 188 valence electrons. The second kappa shape index (κ2) is 9.96. The molecule has 0 amide bonds. The first kappa shape index (κ1) is 23.0. The van der Waals surface area contributed by atoms with Gasteiger partial charge in [-0.1, -0.05) is 36.4 Å². The molecule has 3 N–H and O–H groups in total. The Morgan fingerprint density at radius 3 is 2.36 bits per heavy atom. The van der Waals surface area contributed by atoms with Gasteiger partial charge in [0.1, 0.15) is 5.69 Å². The zero-order valence-electron chi connectivity index (χ0n) is 21.1. The number of hydrogen-bond acceptors (Lipinski definition) is 5. The van der Waals surface area contributed by atoms with Gasteiger partial charge in [-0.15, -0.1) is 0 Å². The Bertz CT molecular complexity index is 1890. The minimum atomic E-state index is 0.748. The lowest BCUT2D eigenvalue weighted by Gasteiger charge is -2.08. The van der Waals surface area contributed by atoms with Crippen molar-refractivity contribution in [2.24, 2.45) is 0 Å². The topological polar surface area (TPSA) is 95.2 Å². The van der Waals surface area contributed by atoms with E-state index < -0.39 is 0 Å². The molecule has 7 rings (SSSR count). The highest BCUT2D eigenvalue weighted by molar-refractivity contribution is 6.01. The van der Waals surface area contributed by atoms with Gasteiger partial charge in [0.05, 0.1) is 22.9 Å². The molecular weight excluding hydrogens is 482 g/mol. The maximum absolute atomic E-state index is 4.67. The molecule has 0 spiro atoms. The molecule has 0 saturated carbocycles. The van der Waals surface area contributed by atoms with Crippen LogP contribution in [-0.4, -0.2) is 30.1 Å². The summed E-state index contributed by atoms with van der Waals surface area (Å²) in [6.07, 6.45) is 11.2. The fourth-order valence-electron chi connectivity index (χ4n) is 5.03. The summed E-state index contributed by atoms with van der Waals surface area (Å²) >= 11 is 0. The van der Waals surface area contributed by atoms with Crippen LogP contribution < -0.4 is 5.32 Å². The summed E-state index contributed by atoms with van der Waals surface area (Å²) in [7, 11) is 0. The third kappa shape index (κ3) is 4.56. The Labute approximate surface area is 225 Å². The lowest BCUT2D eigenvalue weighted by atomic mass is 10.0. The summed E-state index contributed by atoms with van der Waals surface area (Å²) in [4.78, 5) is 16.6. The zero-order chi connectivity index (χ0) is 26.0. The van der Waals surface area contributed by atoms with Gasteiger partial charge in [0.15, 0.2) is 0 Å². The molecule has 2 aromatic carbocycles. The van der Waals surface area contributed by atoms with E-state index in [4.69, 9.17) is 0 Å². The van der Waals surface area contributed by atoms with E-state index in [1.54, 1.807) is 12.4 Å². The molecular formula is C32H25N7. The van der Waals surface area contributed by atoms with Gasteiger partial charge < -0.3 is 10.3 Å². The van der Waals surface area contributed by atoms with Crippen molar-refractivity contribution in [3.8, 4) is 33.6 Å². The second-order valence-electron chi connectivity index (χ2n) is 9.57. The standard InChI is InChI=1S/C32H25N7/c1-2-4-21(5-3-1)15-34-16-22-12-25(18-35-17-22)24-6-7-29-27(13-24)32(39-38-29)30-14-26-28(19-36-20-31(26)37-30)23-8-10-33-11-9-23/h1-14,17-20,34,37H,15-16H2,(H,38,39). The molecule has 0 aliphatic carbocycles. The number of nitrogens with zero attached hydrogens (tertiary/aromatic N) is 4. The molecule has 7 aromatic rings. The molecule has 7 heteroatoms. The molecule has 5 aromatic heterocycles. The number of pyridine rings is 3. The number of aromatic nitrogens is 6. The lowest BCUT2D eigenvalue weighted by Crippen LogP contribution is -2.12. The van der Waals surface area contributed by atoms with Crippen molar-refractivity contribution in [3.63, 3.8) is 0 Å². The van der Waals surface area contributed by atoms with Crippen LogP contribution in [0.1, 0.15) is 11.1 Å². The highest BCUT2D eigenvalue weighted by Gasteiger charge is 2.15. The van der Waals surface area contributed by atoms with Gasteiger partial charge in [-0.2, -0.15) is 5.10 Å². The van der Waals surface area contributed by atoms with Crippen molar-refractivity contribution in [2.75, 3.05) is 0 Å². The largest absolute Gasteiger partial charge is 0.352 e. The number of benzene rings is 2. The van der Waals surface area contributed by atoms with Crippen LogP contribution in [-0.2, 0) is 13.1 Å². The van der Waals surface area contributed by atoms with E-state index in [9.17, 15) is 0 Å². The highest BCUT2D eigenvalue weighted by Crippen LogP contribution is 2.34. The van der Waals surface area contributed by atoms with Crippen LogP contribution in [0.3, 0.4) is 0 Å². The van der Waals surface area contributed by atoms with Crippen molar-refractivity contribution in [1.29, 1.82) is 0 Å². The maximum Gasteiger partial charge on any atom is 0.116 e. The predicted molar refractivity (Wildman–Crippen MR) is 155 cm³/mol. The van der Waals surface area contributed by atoms with Crippen LogP contribution in [0, 0.1) is 0 Å². The van der Waals surface area contributed by atoms with E-state index in [-0.39, 0.29) is 0 Å². The summed E-state index contributed by atoms with van der Waals surface area (Å²) in [5.41, 5.74) is 10.5. The Balaban J connectivity index is 1.20. The molecule has 5 heterocycles. The molecule has 0 saturated heterocycles. The molecule has 0 bridgehead atoms. The average Bonchev–Trinajstić information content (AvgIpc) is 3.62. The molecule has 0 unspecified atom stereocenters. The van der Waals surface area contributed by atoms with Crippen molar-refractivity contribution >= 4 is 21.8 Å². The third-order valence-corrected chi connectivity index (χ3v) is 6.98. The summed E-state index contributed by atoms with van der Waals surface area (Å²) in [5, 5.41) is 13.5. The van der Waals surface area contributed by atoms with Gasteiger partial charge in [0.25, 0.3) is 0 Å². The zero-order valence-corrected chi connectivity index (χ0v) is 21.1. The predicted octanol–water partition coefficient (Wildman–Crippen LogP) is 6.52. The van der Waals surface area contributed by atoms with Crippen molar-refractivity contribution in [1.82, 2.24) is 35.5 Å². The van der Waals surface area contributed by atoms with Gasteiger partial charge in [-0.25, -0.2) is 0 Å². The first-order valence-corrected chi connectivity index (χ1v) is 12.9. The molecule has 39 heavy (non-hydrogen) atoms. The Kier molecular flexibility index (Phi) is 5.88. The molecule has 0 fully saturated rings. The molecule has 0 radical (unpaired) electrons. The number of H-pyrrole nitrogens is 2. The smallest absolute Gasteiger partial charge is 0.116 e. The molecule has 0 atom stereocenters. The average molecular weight is 508 g/mol. The Hall–Kier alpha value is -5.14. The van der Waals surface area contributed by atoms with Crippen LogP contribution in [0.4, 0.5) is 0 Å². The Morgan fingerprint density at radius 2 is 1.46 bits per heavy atom. The quantitative estimate of drug-likeness (QED) is 0.228. The van der Waals surface area contributed by atoms with Gasteiger partial charge in [-0.3, -0.25) is 20.1 Å². The number of fused-ring (bicyclic) bond motifs is 2. The number of aromatic amines is 2. The number of nitrogens with one attached hydrogen (secondary N) is 3. The van der Waals surface area contributed by atoms with E-state index >= 15 is 0 Å². The van der Waals surface area contributed by atoms with Crippen molar-refractivity contribution in [3.05, 3.63) is 121 Å². The molecule has 0 aliphatic heterocycles. The van der Waals surface area contributed by atoms with Crippen LogP contribution in [0.5, 0.6) is 0 Å². The molecule has 0 aliphatic rings. The minimum absolute atomic E-state index is 0.748. The monoisotopic (exact) mass is 507 g/mol. The molecule has 7 nitrogen and oxygen atoms in total. The SMILES string of the molecule is c1ccc(CNCc2cncc(-c3ccc4[nH]nc(-c5cc6c(-c7ccncc7)cncc6[nH]5)c4c3)c2)cc1.